The van der Waals surface area contributed by atoms with Crippen molar-refractivity contribution >= 4 is 5.97 Å². The van der Waals surface area contributed by atoms with Crippen LogP contribution in [0.2, 0.25) is 0 Å². The predicted molar refractivity (Wildman–Crippen MR) is 57.4 cm³/mol. The third kappa shape index (κ3) is 5.74. The number of esters is 1. The maximum absolute atomic E-state index is 11.0. The predicted octanol–water partition coefficient (Wildman–Crippen LogP) is 1.24. The van der Waals surface area contributed by atoms with Crippen LogP contribution in [-0.2, 0) is 9.53 Å². The van der Waals surface area contributed by atoms with Gasteiger partial charge in [-0.1, -0.05) is 26.7 Å². The molecule has 0 aromatic rings. The normalized spacial score (nSPS) is 16.9. The Morgan fingerprint density at radius 3 is 2.47 bits per heavy atom. The van der Waals surface area contributed by atoms with Crippen LogP contribution in [0.15, 0.2) is 0 Å². The van der Waals surface area contributed by atoms with Crippen molar-refractivity contribution < 1.29 is 19.7 Å². The van der Waals surface area contributed by atoms with E-state index >= 15 is 0 Å². The van der Waals surface area contributed by atoms with Gasteiger partial charge >= 0.3 is 5.97 Å². The fourth-order valence-electron chi connectivity index (χ4n) is 1.18. The van der Waals surface area contributed by atoms with Crippen molar-refractivity contribution in [2.24, 2.45) is 0 Å². The topological polar surface area (TPSA) is 66.8 Å². The average molecular weight is 218 g/mol. The number of hydrogen-bond acceptors (Lipinski definition) is 4. The molecule has 2 unspecified atom stereocenters. The summed E-state index contributed by atoms with van der Waals surface area (Å²) in [4.78, 5) is 11.0. The summed E-state index contributed by atoms with van der Waals surface area (Å²) in [5.41, 5.74) is -0.944. The standard InChI is InChI=1S/C11H22O4/c1-4-6-7-11(14,5-2)8-15-10(13)9(3)12/h9,12,14H,4-8H2,1-3H3. The van der Waals surface area contributed by atoms with E-state index in [9.17, 15) is 9.90 Å². The molecule has 0 aromatic heterocycles. The summed E-state index contributed by atoms with van der Waals surface area (Å²) in [6.07, 6.45) is 1.92. The third-order valence-corrected chi connectivity index (χ3v) is 2.48. The third-order valence-electron chi connectivity index (χ3n) is 2.48. The Kier molecular flexibility index (Phi) is 6.52. The van der Waals surface area contributed by atoms with E-state index < -0.39 is 17.7 Å². The number of carbonyl (C=O) groups excluding carboxylic acids is 1. The molecule has 0 bridgehead atoms. The van der Waals surface area contributed by atoms with E-state index in [2.05, 4.69) is 0 Å². The van der Waals surface area contributed by atoms with E-state index in [4.69, 9.17) is 9.84 Å². The number of unbranched alkanes of at least 4 members (excludes halogenated alkanes) is 1. The van der Waals surface area contributed by atoms with Gasteiger partial charge in [-0.2, -0.15) is 0 Å². The fraction of sp³-hybridized carbons (Fsp3) is 0.909. The molecule has 2 N–H and O–H groups in total. The summed E-state index contributed by atoms with van der Waals surface area (Å²) < 4.78 is 4.82. The van der Waals surface area contributed by atoms with Crippen molar-refractivity contribution in [2.45, 2.75) is 58.2 Å². The minimum absolute atomic E-state index is 0.0345. The Balaban J connectivity index is 4.02. The average Bonchev–Trinajstić information content (AvgIpc) is 2.22. The van der Waals surface area contributed by atoms with Crippen LogP contribution in [0.5, 0.6) is 0 Å². The van der Waals surface area contributed by atoms with Gasteiger partial charge in [0.05, 0.1) is 5.60 Å². The molecule has 0 radical (unpaired) electrons. The minimum Gasteiger partial charge on any atom is -0.461 e. The van der Waals surface area contributed by atoms with Crippen LogP contribution >= 0.6 is 0 Å². The first kappa shape index (κ1) is 14.4. The van der Waals surface area contributed by atoms with E-state index in [1.54, 1.807) is 0 Å². The highest BCUT2D eigenvalue weighted by Gasteiger charge is 2.26. The number of aliphatic hydroxyl groups excluding tert-OH is 1. The molecule has 15 heavy (non-hydrogen) atoms. The molecule has 0 saturated carbocycles. The van der Waals surface area contributed by atoms with Gasteiger partial charge in [-0.15, -0.1) is 0 Å². The highest BCUT2D eigenvalue weighted by molar-refractivity contribution is 5.73. The molecule has 0 amide bonds. The molecule has 0 spiro atoms. The molecule has 0 heterocycles. The molecule has 0 rings (SSSR count). The summed E-state index contributed by atoms with van der Waals surface area (Å²) in [7, 11) is 0. The van der Waals surface area contributed by atoms with Gasteiger partial charge in [0.25, 0.3) is 0 Å². The number of ether oxygens (including phenoxy) is 1. The number of hydrogen-bond donors (Lipinski definition) is 2. The van der Waals surface area contributed by atoms with Gasteiger partial charge in [0.15, 0.2) is 0 Å². The largest absolute Gasteiger partial charge is 0.461 e. The maximum Gasteiger partial charge on any atom is 0.334 e. The minimum atomic E-state index is -1.13. The molecular formula is C11H22O4. The Morgan fingerprint density at radius 1 is 1.47 bits per heavy atom. The molecule has 0 aromatic carbocycles. The molecule has 90 valence electrons. The molecule has 2 atom stereocenters. The first-order valence-electron chi connectivity index (χ1n) is 5.52. The van der Waals surface area contributed by atoms with Crippen molar-refractivity contribution in [2.75, 3.05) is 6.61 Å². The molecule has 0 fully saturated rings. The summed E-state index contributed by atoms with van der Waals surface area (Å²) in [6, 6.07) is 0. The zero-order valence-corrected chi connectivity index (χ0v) is 9.82. The van der Waals surface area contributed by atoms with Crippen LogP contribution < -0.4 is 0 Å². The summed E-state index contributed by atoms with van der Waals surface area (Å²) >= 11 is 0. The second kappa shape index (κ2) is 6.80. The summed E-state index contributed by atoms with van der Waals surface area (Å²) in [6.45, 7) is 5.20. The van der Waals surface area contributed by atoms with Gasteiger partial charge in [0.1, 0.15) is 12.7 Å². The van der Waals surface area contributed by atoms with Crippen LogP contribution in [0, 0.1) is 0 Å². The van der Waals surface area contributed by atoms with Gasteiger partial charge in [-0.3, -0.25) is 0 Å². The van der Waals surface area contributed by atoms with Crippen LogP contribution in [-0.4, -0.2) is 34.5 Å². The Bertz CT molecular complexity index is 191. The quantitative estimate of drug-likeness (QED) is 0.631. The zero-order valence-electron chi connectivity index (χ0n) is 9.82. The van der Waals surface area contributed by atoms with Gasteiger partial charge in [-0.05, 0) is 19.8 Å². The molecule has 0 aliphatic carbocycles. The number of carbonyl (C=O) groups is 1. The monoisotopic (exact) mass is 218 g/mol. The van der Waals surface area contributed by atoms with E-state index in [1.165, 1.54) is 6.92 Å². The SMILES string of the molecule is CCCCC(O)(CC)COC(=O)C(C)O. The van der Waals surface area contributed by atoms with Gasteiger partial charge in [0.2, 0.25) is 0 Å². The smallest absolute Gasteiger partial charge is 0.334 e. The summed E-state index contributed by atoms with van der Waals surface area (Å²) in [5.74, 6) is -0.682. The molecule has 4 nitrogen and oxygen atoms in total. The van der Waals surface area contributed by atoms with Gasteiger partial charge < -0.3 is 14.9 Å². The van der Waals surface area contributed by atoms with E-state index in [0.717, 1.165) is 12.8 Å². The highest BCUT2D eigenvalue weighted by Crippen LogP contribution is 2.19. The lowest BCUT2D eigenvalue weighted by Crippen LogP contribution is -2.36. The Hall–Kier alpha value is -0.610. The van der Waals surface area contributed by atoms with Crippen LogP contribution in [0.3, 0.4) is 0 Å². The van der Waals surface area contributed by atoms with Crippen LogP contribution in [0.25, 0.3) is 0 Å². The van der Waals surface area contributed by atoms with Gasteiger partial charge in [-0.25, -0.2) is 4.79 Å². The van der Waals surface area contributed by atoms with E-state index in [-0.39, 0.29) is 6.61 Å². The van der Waals surface area contributed by atoms with Crippen LogP contribution in [0.1, 0.15) is 46.5 Å². The molecule has 0 saturated heterocycles. The lowest BCUT2D eigenvalue weighted by molar-refractivity contribution is -0.160. The lowest BCUT2D eigenvalue weighted by atomic mass is 9.95. The summed E-state index contributed by atoms with van der Waals surface area (Å²) in [5, 5.41) is 18.9. The van der Waals surface area contributed by atoms with Gasteiger partial charge in [0, 0.05) is 0 Å². The Morgan fingerprint density at radius 2 is 2.07 bits per heavy atom. The Labute approximate surface area is 91.3 Å². The molecule has 0 aliphatic heterocycles. The fourth-order valence-corrected chi connectivity index (χ4v) is 1.18. The van der Waals surface area contributed by atoms with E-state index in [0.29, 0.717) is 12.8 Å². The number of aliphatic hydroxyl groups is 2. The first-order chi connectivity index (χ1) is 6.95. The lowest BCUT2D eigenvalue weighted by Gasteiger charge is -2.26. The van der Waals surface area contributed by atoms with Crippen molar-refractivity contribution in [1.29, 1.82) is 0 Å². The van der Waals surface area contributed by atoms with Crippen molar-refractivity contribution in [3.05, 3.63) is 0 Å². The zero-order chi connectivity index (χ0) is 11.9. The maximum atomic E-state index is 11.0. The van der Waals surface area contributed by atoms with Crippen LogP contribution in [0.4, 0.5) is 0 Å². The molecule has 0 aliphatic rings. The molecule has 4 heteroatoms. The van der Waals surface area contributed by atoms with Crippen molar-refractivity contribution in [3.63, 3.8) is 0 Å². The first-order valence-corrected chi connectivity index (χ1v) is 5.52. The van der Waals surface area contributed by atoms with E-state index in [1.807, 2.05) is 13.8 Å². The highest BCUT2D eigenvalue weighted by atomic mass is 16.6. The second-order valence-corrected chi connectivity index (χ2v) is 3.97. The second-order valence-electron chi connectivity index (χ2n) is 3.97. The van der Waals surface area contributed by atoms with Crippen molar-refractivity contribution in [1.82, 2.24) is 0 Å². The molecular weight excluding hydrogens is 196 g/mol. The number of rotatable bonds is 7. The van der Waals surface area contributed by atoms with Crippen molar-refractivity contribution in [3.8, 4) is 0 Å².